The Balaban J connectivity index is 3.12. The third kappa shape index (κ3) is 17.4. The first-order chi connectivity index (χ1) is 10.3. The number of rotatable bonds is 16. The molecule has 0 aromatic rings. The molecule has 0 aliphatic carbocycles. The predicted octanol–water partition coefficient (Wildman–Crippen LogP) is 4.41. The monoisotopic (exact) mass is 298 g/mol. The molecule has 21 heavy (non-hydrogen) atoms. The molecule has 0 heterocycles. The van der Waals surface area contributed by atoms with Gasteiger partial charge in [-0.3, -0.25) is 4.79 Å². The molecule has 3 nitrogen and oxygen atoms in total. The molecule has 0 saturated heterocycles. The van der Waals surface area contributed by atoms with E-state index in [2.05, 4.69) is 24.5 Å². The first-order valence-electron chi connectivity index (χ1n) is 9.28. The first kappa shape index (κ1) is 20.4. The van der Waals surface area contributed by atoms with E-state index in [0.717, 1.165) is 32.5 Å². The lowest BCUT2D eigenvalue weighted by molar-refractivity contribution is -0.121. The number of nitrogens with one attached hydrogen (secondary N) is 2. The summed E-state index contributed by atoms with van der Waals surface area (Å²) < 4.78 is 0. The smallest absolute Gasteiger partial charge is 0.219 e. The zero-order valence-electron chi connectivity index (χ0n) is 14.5. The molecule has 0 unspecified atom stereocenters. The van der Waals surface area contributed by atoms with Gasteiger partial charge in [0.05, 0.1) is 0 Å². The van der Waals surface area contributed by atoms with E-state index in [0.29, 0.717) is 6.42 Å². The molecule has 0 fully saturated rings. The van der Waals surface area contributed by atoms with Crippen LogP contribution >= 0.6 is 0 Å². The van der Waals surface area contributed by atoms with Gasteiger partial charge in [0.15, 0.2) is 0 Å². The van der Waals surface area contributed by atoms with Crippen LogP contribution in [-0.2, 0) is 4.79 Å². The second kappa shape index (κ2) is 17.5. The molecule has 0 aliphatic heterocycles. The zero-order valence-corrected chi connectivity index (χ0v) is 14.5. The van der Waals surface area contributed by atoms with Gasteiger partial charge in [-0.25, -0.2) is 0 Å². The minimum atomic E-state index is 0.230. The van der Waals surface area contributed by atoms with Gasteiger partial charge in [-0.15, -0.1) is 0 Å². The Hall–Kier alpha value is -0.570. The SMILES string of the molecule is CCCCCCCCCCCC(=O)NCCCNCCC. The molecule has 3 heteroatoms. The van der Waals surface area contributed by atoms with Crippen molar-refractivity contribution in [2.45, 2.75) is 90.9 Å². The fraction of sp³-hybridized carbons (Fsp3) is 0.944. The summed E-state index contributed by atoms with van der Waals surface area (Å²) in [4.78, 5) is 11.6. The van der Waals surface area contributed by atoms with Crippen molar-refractivity contribution < 1.29 is 4.79 Å². The highest BCUT2D eigenvalue weighted by Gasteiger charge is 2.00. The standard InChI is InChI=1S/C18H38N2O/c1-3-5-6-7-8-9-10-11-12-14-18(21)20-17-13-16-19-15-4-2/h19H,3-17H2,1-2H3,(H,20,21). The van der Waals surface area contributed by atoms with Crippen LogP contribution in [0, 0.1) is 0 Å². The van der Waals surface area contributed by atoms with Crippen LogP contribution in [0.1, 0.15) is 90.9 Å². The Kier molecular flexibility index (Phi) is 17.0. The minimum absolute atomic E-state index is 0.230. The van der Waals surface area contributed by atoms with Gasteiger partial charge in [-0.05, 0) is 32.4 Å². The number of carbonyl (C=O) groups excluding carboxylic acids is 1. The minimum Gasteiger partial charge on any atom is -0.356 e. The summed E-state index contributed by atoms with van der Waals surface area (Å²) in [6.07, 6.45) is 14.7. The van der Waals surface area contributed by atoms with Crippen LogP contribution in [0.5, 0.6) is 0 Å². The molecule has 126 valence electrons. The van der Waals surface area contributed by atoms with Gasteiger partial charge in [-0.1, -0.05) is 65.2 Å². The maximum Gasteiger partial charge on any atom is 0.219 e. The van der Waals surface area contributed by atoms with Crippen LogP contribution < -0.4 is 10.6 Å². The van der Waals surface area contributed by atoms with Crippen molar-refractivity contribution in [2.75, 3.05) is 19.6 Å². The summed E-state index contributed by atoms with van der Waals surface area (Å²) in [5.74, 6) is 0.230. The molecule has 0 spiro atoms. The number of hydrogen-bond acceptors (Lipinski definition) is 2. The Bertz CT molecular complexity index is 219. The maximum atomic E-state index is 11.6. The molecule has 0 aliphatic rings. The van der Waals surface area contributed by atoms with Crippen LogP contribution in [-0.4, -0.2) is 25.5 Å². The molecule has 0 aromatic carbocycles. The van der Waals surface area contributed by atoms with Crippen LogP contribution in [0.15, 0.2) is 0 Å². The van der Waals surface area contributed by atoms with Gasteiger partial charge in [0.2, 0.25) is 5.91 Å². The topological polar surface area (TPSA) is 41.1 Å². The highest BCUT2D eigenvalue weighted by Crippen LogP contribution is 2.10. The highest BCUT2D eigenvalue weighted by atomic mass is 16.1. The molecule has 0 bridgehead atoms. The van der Waals surface area contributed by atoms with Crippen molar-refractivity contribution in [1.29, 1.82) is 0 Å². The Labute approximate surface area is 132 Å². The van der Waals surface area contributed by atoms with Crippen LogP contribution in [0.2, 0.25) is 0 Å². The van der Waals surface area contributed by atoms with E-state index in [1.165, 1.54) is 57.8 Å². The summed E-state index contributed by atoms with van der Waals surface area (Å²) in [6.45, 7) is 7.32. The number of carbonyl (C=O) groups is 1. The van der Waals surface area contributed by atoms with Gasteiger partial charge in [0.1, 0.15) is 0 Å². The Morgan fingerprint density at radius 2 is 1.29 bits per heavy atom. The lowest BCUT2D eigenvalue weighted by Crippen LogP contribution is -2.27. The highest BCUT2D eigenvalue weighted by molar-refractivity contribution is 5.75. The fourth-order valence-electron chi connectivity index (χ4n) is 2.43. The van der Waals surface area contributed by atoms with E-state index < -0.39 is 0 Å². The van der Waals surface area contributed by atoms with E-state index in [1.807, 2.05) is 0 Å². The van der Waals surface area contributed by atoms with Gasteiger partial charge in [-0.2, -0.15) is 0 Å². The summed E-state index contributed by atoms with van der Waals surface area (Å²) in [7, 11) is 0. The predicted molar refractivity (Wildman–Crippen MR) is 92.6 cm³/mol. The number of amides is 1. The summed E-state index contributed by atoms with van der Waals surface area (Å²) >= 11 is 0. The number of unbranched alkanes of at least 4 members (excludes halogenated alkanes) is 8. The van der Waals surface area contributed by atoms with Crippen molar-refractivity contribution in [3.05, 3.63) is 0 Å². The van der Waals surface area contributed by atoms with E-state index in [9.17, 15) is 4.79 Å². The van der Waals surface area contributed by atoms with E-state index >= 15 is 0 Å². The molecular weight excluding hydrogens is 260 g/mol. The first-order valence-corrected chi connectivity index (χ1v) is 9.28. The Morgan fingerprint density at radius 3 is 1.90 bits per heavy atom. The second-order valence-electron chi connectivity index (χ2n) is 6.03. The molecule has 0 saturated carbocycles. The molecule has 0 radical (unpaired) electrons. The third-order valence-electron chi connectivity index (χ3n) is 3.79. The molecular formula is C18H38N2O. The summed E-state index contributed by atoms with van der Waals surface area (Å²) in [5.41, 5.74) is 0. The second-order valence-corrected chi connectivity index (χ2v) is 6.03. The molecule has 1 amide bonds. The van der Waals surface area contributed by atoms with Gasteiger partial charge >= 0.3 is 0 Å². The van der Waals surface area contributed by atoms with Crippen LogP contribution in [0.3, 0.4) is 0 Å². The summed E-state index contributed by atoms with van der Waals surface area (Å²) in [6, 6.07) is 0. The molecule has 0 aromatic heterocycles. The Morgan fingerprint density at radius 1 is 0.667 bits per heavy atom. The molecule has 0 rings (SSSR count). The normalized spacial score (nSPS) is 10.8. The molecule has 0 atom stereocenters. The number of hydrogen-bond donors (Lipinski definition) is 2. The van der Waals surface area contributed by atoms with E-state index in [4.69, 9.17) is 0 Å². The van der Waals surface area contributed by atoms with Gasteiger partial charge < -0.3 is 10.6 Å². The quantitative estimate of drug-likeness (QED) is 0.414. The van der Waals surface area contributed by atoms with E-state index in [1.54, 1.807) is 0 Å². The average molecular weight is 299 g/mol. The fourth-order valence-corrected chi connectivity index (χ4v) is 2.43. The lowest BCUT2D eigenvalue weighted by atomic mass is 10.1. The van der Waals surface area contributed by atoms with Crippen molar-refractivity contribution in [2.24, 2.45) is 0 Å². The third-order valence-corrected chi connectivity index (χ3v) is 3.79. The average Bonchev–Trinajstić information content (AvgIpc) is 2.49. The van der Waals surface area contributed by atoms with Crippen molar-refractivity contribution in [3.8, 4) is 0 Å². The molecule has 2 N–H and O–H groups in total. The van der Waals surface area contributed by atoms with Gasteiger partial charge in [0, 0.05) is 13.0 Å². The van der Waals surface area contributed by atoms with Crippen LogP contribution in [0.25, 0.3) is 0 Å². The lowest BCUT2D eigenvalue weighted by Gasteiger charge is -2.06. The van der Waals surface area contributed by atoms with E-state index in [-0.39, 0.29) is 5.91 Å². The maximum absolute atomic E-state index is 11.6. The largest absolute Gasteiger partial charge is 0.356 e. The van der Waals surface area contributed by atoms with Crippen LogP contribution in [0.4, 0.5) is 0 Å². The zero-order chi connectivity index (χ0) is 15.6. The van der Waals surface area contributed by atoms with Gasteiger partial charge in [0.25, 0.3) is 0 Å². The summed E-state index contributed by atoms with van der Waals surface area (Å²) in [5, 5.41) is 6.35. The van der Waals surface area contributed by atoms with Crippen molar-refractivity contribution in [1.82, 2.24) is 10.6 Å². The van der Waals surface area contributed by atoms with Crippen molar-refractivity contribution >= 4 is 5.91 Å². The van der Waals surface area contributed by atoms with Crippen molar-refractivity contribution in [3.63, 3.8) is 0 Å².